The average Bonchev–Trinajstić information content (AvgIpc) is 3.17. The number of hydrogen-bond donors (Lipinski definition) is 3. The van der Waals surface area contributed by atoms with Crippen molar-refractivity contribution in [2.75, 3.05) is 5.73 Å². The fourth-order valence-corrected chi connectivity index (χ4v) is 6.72. The first-order valence-electron chi connectivity index (χ1n) is 8.67. The molecule has 2 heterocycles. The first-order chi connectivity index (χ1) is 13.7. The van der Waals surface area contributed by atoms with E-state index < -0.39 is 10.0 Å². The van der Waals surface area contributed by atoms with Crippen LogP contribution in [0.5, 0.6) is 0 Å². The fourth-order valence-electron chi connectivity index (χ4n) is 3.60. The first kappa shape index (κ1) is 19.7. The quantitative estimate of drug-likeness (QED) is 0.315. The highest BCUT2D eigenvalue weighted by Gasteiger charge is 2.33. The van der Waals surface area contributed by atoms with Gasteiger partial charge in [-0.15, -0.1) is 5.10 Å². The van der Waals surface area contributed by atoms with Crippen molar-refractivity contribution < 1.29 is 8.42 Å². The molecule has 0 fully saturated rings. The van der Waals surface area contributed by atoms with E-state index in [0.29, 0.717) is 57.9 Å². The zero-order valence-electron chi connectivity index (χ0n) is 15.4. The molecule has 1 aliphatic rings. The Kier molecular flexibility index (Phi) is 4.75. The van der Waals surface area contributed by atoms with E-state index in [1.165, 1.54) is 3.97 Å². The van der Waals surface area contributed by atoms with E-state index in [4.69, 9.17) is 28.8 Å². The molecule has 3 aromatic rings. The Labute approximate surface area is 175 Å². The number of rotatable bonds is 3. The largest absolute Gasteiger partial charge is 0.375 e. The smallest absolute Gasteiger partial charge is 0.279 e. The SMILES string of the molecule is Cc1nc(N)sc1S(=O)(=O)n1c2c(c3cc(Cl)ccc31)C(=NN=C(N)N)CCC2. The molecule has 1 aliphatic carbocycles. The number of guanidine groups is 1. The number of thiazole rings is 1. The summed E-state index contributed by atoms with van der Waals surface area (Å²) < 4.78 is 28.7. The van der Waals surface area contributed by atoms with E-state index >= 15 is 0 Å². The van der Waals surface area contributed by atoms with E-state index in [1.807, 2.05) is 0 Å². The third-order valence-corrected chi connectivity index (χ3v) is 8.19. The number of hydrogen-bond acceptors (Lipinski definition) is 7. The summed E-state index contributed by atoms with van der Waals surface area (Å²) in [6.45, 7) is 1.63. The molecule has 0 bridgehead atoms. The van der Waals surface area contributed by atoms with Crippen molar-refractivity contribution in [3.8, 4) is 0 Å². The van der Waals surface area contributed by atoms with Gasteiger partial charge in [0.15, 0.2) is 9.34 Å². The number of fused-ring (bicyclic) bond motifs is 3. The van der Waals surface area contributed by atoms with Gasteiger partial charge in [0, 0.05) is 21.7 Å². The molecule has 12 heteroatoms. The van der Waals surface area contributed by atoms with Gasteiger partial charge in [-0.3, -0.25) is 0 Å². The number of aryl methyl sites for hydroxylation is 1. The van der Waals surface area contributed by atoms with Crippen LogP contribution in [0.2, 0.25) is 5.02 Å². The predicted octanol–water partition coefficient (Wildman–Crippen LogP) is 2.19. The van der Waals surface area contributed by atoms with E-state index in [1.54, 1.807) is 25.1 Å². The van der Waals surface area contributed by atoms with Crippen molar-refractivity contribution in [1.29, 1.82) is 0 Å². The van der Waals surface area contributed by atoms with E-state index in [9.17, 15) is 8.42 Å². The third-order valence-electron chi connectivity index (χ3n) is 4.63. The predicted molar refractivity (Wildman–Crippen MR) is 116 cm³/mol. The minimum atomic E-state index is -3.93. The van der Waals surface area contributed by atoms with Crippen LogP contribution in [0.4, 0.5) is 5.13 Å². The van der Waals surface area contributed by atoms with Crippen LogP contribution in [-0.4, -0.2) is 29.0 Å². The van der Waals surface area contributed by atoms with Crippen LogP contribution in [0.15, 0.2) is 32.6 Å². The van der Waals surface area contributed by atoms with E-state index in [0.717, 1.165) is 11.3 Å². The van der Waals surface area contributed by atoms with Gasteiger partial charge < -0.3 is 17.2 Å². The summed E-state index contributed by atoms with van der Waals surface area (Å²) in [5.74, 6) is -0.172. The van der Waals surface area contributed by atoms with Crippen LogP contribution in [0.25, 0.3) is 10.9 Å². The maximum atomic E-state index is 13.6. The number of benzene rings is 1. The lowest BCUT2D eigenvalue weighted by atomic mass is 9.94. The Morgan fingerprint density at radius 3 is 2.72 bits per heavy atom. The molecule has 0 amide bonds. The van der Waals surface area contributed by atoms with Crippen LogP contribution in [0.3, 0.4) is 0 Å². The highest BCUT2D eigenvalue weighted by Crippen LogP contribution is 2.38. The number of aromatic nitrogens is 2. The lowest BCUT2D eigenvalue weighted by molar-refractivity contribution is 0.587. The van der Waals surface area contributed by atoms with Crippen LogP contribution in [0.1, 0.15) is 29.8 Å². The van der Waals surface area contributed by atoms with Gasteiger partial charge in [-0.2, -0.15) is 13.5 Å². The summed E-state index contributed by atoms with van der Waals surface area (Å²) in [6, 6.07) is 5.07. The second-order valence-electron chi connectivity index (χ2n) is 6.60. The van der Waals surface area contributed by atoms with Crippen molar-refractivity contribution in [2.24, 2.45) is 21.7 Å². The first-order valence-corrected chi connectivity index (χ1v) is 11.3. The molecule has 0 unspecified atom stereocenters. The van der Waals surface area contributed by atoms with Crippen LogP contribution >= 0.6 is 22.9 Å². The minimum absolute atomic E-state index is 0.109. The lowest BCUT2D eigenvalue weighted by Gasteiger charge is -2.17. The molecule has 1 aromatic carbocycles. The van der Waals surface area contributed by atoms with Gasteiger partial charge >= 0.3 is 0 Å². The monoisotopic (exact) mass is 451 g/mol. The Balaban J connectivity index is 2.08. The molecule has 9 nitrogen and oxygen atoms in total. The summed E-state index contributed by atoms with van der Waals surface area (Å²) in [6.07, 6.45) is 1.87. The Hall–Kier alpha value is -2.63. The molecule has 0 saturated carbocycles. The van der Waals surface area contributed by atoms with Gasteiger partial charge in [0.05, 0.1) is 16.9 Å². The van der Waals surface area contributed by atoms with Crippen molar-refractivity contribution in [3.63, 3.8) is 0 Å². The van der Waals surface area contributed by atoms with Gasteiger partial charge in [0.1, 0.15) is 0 Å². The summed E-state index contributed by atoms with van der Waals surface area (Å²) in [4.78, 5) is 4.07. The van der Waals surface area contributed by atoms with Gasteiger partial charge in [0.25, 0.3) is 10.0 Å². The molecule has 0 aliphatic heterocycles. The van der Waals surface area contributed by atoms with Crippen molar-refractivity contribution in [2.45, 2.75) is 30.4 Å². The number of nitrogen functional groups attached to an aromatic ring is 1. The molecule has 0 saturated heterocycles. The van der Waals surface area contributed by atoms with Crippen molar-refractivity contribution >= 4 is 60.7 Å². The number of anilines is 1. The van der Waals surface area contributed by atoms with Crippen molar-refractivity contribution in [3.05, 3.63) is 40.2 Å². The molecule has 6 N–H and O–H groups in total. The maximum Gasteiger partial charge on any atom is 0.279 e. The second kappa shape index (κ2) is 7.01. The Bertz CT molecular complexity index is 1300. The van der Waals surface area contributed by atoms with Crippen LogP contribution in [-0.2, 0) is 16.4 Å². The fraction of sp³-hybridized carbons (Fsp3) is 0.235. The summed E-state index contributed by atoms with van der Waals surface area (Å²) in [5.41, 5.74) is 19.4. The topological polar surface area (TPSA) is 155 Å². The summed E-state index contributed by atoms with van der Waals surface area (Å²) >= 11 is 7.16. The molecule has 0 spiro atoms. The Morgan fingerprint density at radius 2 is 2.07 bits per heavy atom. The number of nitrogens with zero attached hydrogens (tertiary/aromatic N) is 4. The molecule has 152 valence electrons. The highest BCUT2D eigenvalue weighted by atomic mass is 35.5. The molecule has 0 atom stereocenters. The minimum Gasteiger partial charge on any atom is -0.375 e. The van der Waals surface area contributed by atoms with Crippen LogP contribution < -0.4 is 17.2 Å². The van der Waals surface area contributed by atoms with Crippen molar-refractivity contribution in [1.82, 2.24) is 8.96 Å². The standard InChI is InChI=1S/C17H18ClN7O2S2/c1-8-15(28-17(21)22-8)29(26,27)25-12-6-5-9(18)7-10(12)14-11(23-24-16(19)20)3-2-4-13(14)25/h5-7H,2-4H2,1H3,(H2,21,22)(H4,19,20,24). The van der Waals surface area contributed by atoms with E-state index in [2.05, 4.69) is 15.2 Å². The molecule has 2 aromatic heterocycles. The molecular weight excluding hydrogens is 434 g/mol. The summed E-state index contributed by atoms with van der Waals surface area (Å²) in [5, 5.41) is 9.30. The van der Waals surface area contributed by atoms with Gasteiger partial charge in [-0.25, -0.2) is 8.96 Å². The molecular formula is C17H18ClN7O2S2. The highest BCUT2D eigenvalue weighted by molar-refractivity contribution is 7.92. The van der Waals surface area contributed by atoms with E-state index in [-0.39, 0.29) is 15.3 Å². The van der Waals surface area contributed by atoms with Crippen LogP contribution in [0, 0.1) is 6.92 Å². The maximum absolute atomic E-state index is 13.6. The third kappa shape index (κ3) is 3.24. The summed E-state index contributed by atoms with van der Waals surface area (Å²) in [7, 11) is -3.93. The zero-order valence-corrected chi connectivity index (χ0v) is 17.8. The van der Waals surface area contributed by atoms with Gasteiger partial charge in [-0.05, 0) is 44.4 Å². The number of nitrogens with two attached hydrogens (primary N) is 3. The molecule has 29 heavy (non-hydrogen) atoms. The van der Waals surface area contributed by atoms with Gasteiger partial charge in [0.2, 0.25) is 5.96 Å². The van der Waals surface area contributed by atoms with Gasteiger partial charge in [-0.1, -0.05) is 22.9 Å². The average molecular weight is 452 g/mol. The molecule has 4 rings (SSSR count). The number of halogens is 1. The lowest BCUT2D eigenvalue weighted by Crippen LogP contribution is -2.23. The Morgan fingerprint density at radius 1 is 1.31 bits per heavy atom. The normalized spacial score (nSPS) is 15.6. The second-order valence-corrected chi connectivity index (χ2v) is 10.1. The molecule has 0 radical (unpaired) electrons. The zero-order chi connectivity index (χ0) is 20.9.